The molecule has 2 aromatic rings. The standard InChI is InChI=1S/C20H27FN4/c1-15-13-18(25(3)4)10-9-17(15)14-24-20(22-2)23-12-11-16-7-5-6-8-19(16)21/h5-10,13H,11-12,14H2,1-4H3,(H2,22,23,24). The molecule has 0 bridgehead atoms. The van der Waals surface area contributed by atoms with E-state index in [1.54, 1.807) is 13.1 Å². The minimum atomic E-state index is -0.163. The molecule has 0 amide bonds. The van der Waals surface area contributed by atoms with Crippen LogP contribution in [0.3, 0.4) is 0 Å². The summed E-state index contributed by atoms with van der Waals surface area (Å²) in [7, 11) is 5.81. The summed E-state index contributed by atoms with van der Waals surface area (Å²) in [6.07, 6.45) is 0.615. The third kappa shape index (κ3) is 5.48. The average Bonchev–Trinajstić information content (AvgIpc) is 2.60. The van der Waals surface area contributed by atoms with E-state index in [0.29, 0.717) is 31.0 Å². The Morgan fingerprint density at radius 2 is 1.84 bits per heavy atom. The van der Waals surface area contributed by atoms with E-state index in [2.05, 4.69) is 45.6 Å². The van der Waals surface area contributed by atoms with Gasteiger partial charge in [-0.25, -0.2) is 4.39 Å². The molecule has 0 radical (unpaired) electrons. The molecule has 0 unspecified atom stereocenters. The van der Waals surface area contributed by atoms with Crippen LogP contribution in [-0.4, -0.2) is 33.6 Å². The summed E-state index contributed by atoms with van der Waals surface area (Å²) in [6.45, 7) is 3.43. The zero-order valence-electron chi connectivity index (χ0n) is 15.4. The Bertz CT molecular complexity index is 725. The van der Waals surface area contributed by atoms with Crippen LogP contribution >= 0.6 is 0 Å². The molecule has 2 rings (SSSR count). The van der Waals surface area contributed by atoms with Crippen molar-refractivity contribution in [2.75, 3.05) is 32.6 Å². The van der Waals surface area contributed by atoms with Crippen molar-refractivity contribution in [3.63, 3.8) is 0 Å². The largest absolute Gasteiger partial charge is 0.378 e. The third-order valence-corrected chi connectivity index (χ3v) is 4.16. The number of rotatable bonds is 6. The van der Waals surface area contributed by atoms with E-state index in [4.69, 9.17) is 0 Å². The lowest BCUT2D eigenvalue weighted by molar-refractivity contribution is 0.606. The number of nitrogens with zero attached hydrogens (tertiary/aromatic N) is 2. The van der Waals surface area contributed by atoms with Gasteiger partial charge in [-0.2, -0.15) is 0 Å². The first-order valence-corrected chi connectivity index (χ1v) is 8.46. The van der Waals surface area contributed by atoms with Gasteiger partial charge in [-0.05, 0) is 48.2 Å². The van der Waals surface area contributed by atoms with Crippen LogP contribution in [0.2, 0.25) is 0 Å². The highest BCUT2D eigenvalue weighted by Gasteiger charge is 2.04. The van der Waals surface area contributed by atoms with Crippen LogP contribution in [0.4, 0.5) is 10.1 Å². The molecule has 0 atom stereocenters. The van der Waals surface area contributed by atoms with E-state index in [1.807, 2.05) is 26.2 Å². The molecule has 0 heterocycles. The molecule has 0 spiro atoms. The summed E-state index contributed by atoms with van der Waals surface area (Å²) < 4.78 is 13.6. The zero-order chi connectivity index (χ0) is 18.2. The fraction of sp³-hybridized carbons (Fsp3) is 0.350. The van der Waals surface area contributed by atoms with Gasteiger partial charge in [-0.15, -0.1) is 0 Å². The van der Waals surface area contributed by atoms with Gasteiger partial charge in [0.05, 0.1) is 0 Å². The number of hydrogen-bond acceptors (Lipinski definition) is 2. The van der Waals surface area contributed by atoms with E-state index in [1.165, 1.54) is 22.9 Å². The van der Waals surface area contributed by atoms with Crippen molar-refractivity contribution in [3.8, 4) is 0 Å². The van der Waals surface area contributed by atoms with E-state index >= 15 is 0 Å². The second-order valence-corrected chi connectivity index (χ2v) is 6.20. The molecule has 0 aliphatic rings. The quantitative estimate of drug-likeness (QED) is 0.626. The zero-order valence-corrected chi connectivity index (χ0v) is 15.4. The normalized spacial score (nSPS) is 11.3. The summed E-state index contributed by atoms with van der Waals surface area (Å²) in [5.41, 5.74) is 4.36. The Labute approximate surface area is 149 Å². The minimum absolute atomic E-state index is 0.163. The fourth-order valence-electron chi connectivity index (χ4n) is 2.57. The number of nitrogens with one attached hydrogen (secondary N) is 2. The number of aryl methyl sites for hydroxylation is 1. The lowest BCUT2D eigenvalue weighted by Crippen LogP contribution is -2.38. The van der Waals surface area contributed by atoms with E-state index in [0.717, 1.165) is 0 Å². The first-order chi connectivity index (χ1) is 12.0. The second kappa shape index (κ2) is 9.06. The number of halogens is 1. The predicted molar refractivity (Wildman–Crippen MR) is 104 cm³/mol. The molecule has 0 aliphatic heterocycles. The highest BCUT2D eigenvalue weighted by Crippen LogP contribution is 2.17. The van der Waals surface area contributed by atoms with Crippen LogP contribution in [0.5, 0.6) is 0 Å². The van der Waals surface area contributed by atoms with Crippen LogP contribution < -0.4 is 15.5 Å². The number of aliphatic imine (C=N–C) groups is 1. The van der Waals surface area contributed by atoms with Gasteiger partial charge in [-0.1, -0.05) is 24.3 Å². The van der Waals surface area contributed by atoms with Crippen molar-refractivity contribution in [1.29, 1.82) is 0 Å². The molecular weight excluding hydrogens is 315 g/mol. The van der Waals surface area contributed by atoms with E-state index in [9.17, 15) is 4.39 Å². The van der Waals surface area contributed by atoms with Gasteiger partial charge in [-0.3, -0.25) is 4.99 Å². The molecular formula is C20H27FN4. The molecule has 0 saturated heterocycles. The predicted octanol–water partition coefficient (Wildman–Crippen LogP) is 3.11. The maximum absolute atomic E-state index is 13.6. The summed E-state index contributed by atoms with van der Waals surface area (Å²) in [5, 5.41) is 6.54. The Hall–Kier alpha value is -2.56. The summed E-state index contributed by atoms with van der Waals surface area (Å²) in [5.74, 6) is 0.552. The van der Waals surface area contributed by atoms with Crippen LogP contribution in [0, 0.1) is 12.7 Å². The average molecular weight is 342 g/mol. The monoisotopic (exact) mass is 342 g/mol. The molecule has 0 aromatic heterocycles. The van der Waals surface area contributed by atoms with Gasteiger partial charge in [0.2, 0.25) is 0 Å². The molecule has 25 heavy (non-hydrogen) atoms. The van der Waals surface area contributed by atoms with Crippen molar-refractivity contribution >= 4 is 11.6 Å². The van der Waals surface area contributed by atoms with Crippen LogP contribution in [0.1, 0.15) is 16.7 Å². The summed E-state index contributed by atoms with van der Waals surface area (Å²) >= 11 is 0. The Morgan fingerprint density at radius 1 is 1.08 bits per heavy atom. The molecule has 2 N–H and O–H groups in total. The van der Waals surface area contributed by atoms with Crippen molar-refractivity contribution in [2.24, 2.45) is 4.99 Å². The van der Waals surface area contributed by atoms with Gasteiger partial charge < -0.3 is 15.5 Å². The number of guanidine groups is 1. The summed E-state index contributed by atoms with van der Waals surface area (Å²) in [4.78, 5) is 6.32. The van der Waals surface area contributed by atoms with Gasteiger partial charge >= 0.3 is 0 Å². The lowest BCUT2D eigenvalue weighted by Gasteiger charge is -2.16. The minimum Gasteiger partial charge on any atom is -0.378 e. The molecule has 2 aromatic carbocycles. The Morgan fingerprint density at radius 3 is 2.48 bits per heavy atom. The topological polar surface area (TPSA) is 39.7 Å². The van der Waals surface area contributed by atoms with Crippen molar-refractivity contribution in [1.82, 2.24) is 10.6 Å². The van der Waals surface area contributed by atoms with E-state index < -0.39 is 0 Å². The first kappa shape index (κ1) is 18.8. The van der Waals surface area contributed by atoms with Gasteiger partial charge in [0.25, 0.3) is 0 Å². The van der Waals surface area contributed by atoms with E-state index in [-0.39, 0.29) is 5.82 Å². The third-order valence-electron chi connectivity index (χ3n) is 4.16. The smallest absolute Gasteiger partial charge is 0.191 e. The van der Waals surface area contributed by atoms with Crippen LogP contribution in [-0.2, 0) is 13.0 Å². The van der Waals surface area contributed by atoms with Crippen molar-refractivity contribution in [3.05, 3.63) is 65.0 Å². The highest BCUT2D eigenvalue weighted by molar-refractivity contribution is 5.79. The molecule has 4 nitrogen and oxygen atoms in total. The fourth-order valence-corrected chi connectivity index (χ4v) is 2.57. The first-order valence-electron chi connectivity index (χ1n) is 8.46. The van der Waals surface area contributed by atoms with Gasteiger partial charge in [0, 0.05) is 39.9 Å². The molecule has 134 valence electrons. The molecule has 0 fully saturated rings. The lowest BCUT2D eigenvalue weighted by atomic mass is 10.1. The SMILES string of the molecule is CN=C(NCCc1ccccc1F)NCc1ccc(N(C)C)cc1C. The number of hydrogen-bond donors (Lipinski definition) is 2. The van der Waals surface area contributed by atoms with Crippen LogP contribution in [0.15, 0.2) is 47.5 Å². The maximum Gasteiger partial charge on any atom is 0.191 e. The van der Waals surface area contributed by atoms with Crippen LogP contribution in [0.25, 0.3) is 0 Å². The second-order valence-electron chi connectivity index (χ2n) is 6.20. The summed E-state index contributed by atoms with van der Waals surface area (Å²) in [6, 6.07) is 13.3. The Balaban J connectivity index is 1.85. The van der Waals surface area contributed by atoms with Crippen molar-refractivity contribution in [2.45, 2.75) is 19.9 Å². The molecule has 0 aliphatic carbocycles. The molecule has 0 saturated carbocycles. The highest BCUT2D eigenvalue weighted by atomic mass is 19.1. The number of benzene rings is 2. The van der Waals surface area contributed by atoms with Crippen molar-refractivity contribution < 1.29 is 4.39 Å². The maximum atomic E-state index is 13.6. The molecule has 5 heteroatoms. The number of anilines is 1. The van der Waals surface area contributed by atoms with Gasteiger partial charge in [0.15, 0.2) is 5.96 Å². The van der Waals surface area contributed by atoms with Gasteiger partial charge in [0.1, 0.15) is 5.82 Å². The Kier molecular flexibility index (Phi) is 6.81.